The van der Waals surface area contributed by atoms with Gasteiger partial charge in [-0.3, -0.25) is 14.5 Å². The van der Waals surface area contributed by atoms with Gasteiger partial charge in [0.25, 0.3) is 11.8 Å². The summed E-state index contributed by atoms with van der Waals surface area (Å²) in [6.45, 7) is 0. The van der Waals surface area contributed by atoms with Crippen molar-refractivity contribution < 1.29 is 9.59 Å². The van der Waals surface area contributed by atoms with Crippen LogP contribution in [0.5, 0.6) is 0 Å². The van der Waals surface area contributed by atoms with Gasteiger partial charge in [0.2, 0.25) is 0 Å². The maximum Gasteiger partial charge on any atom is 0.265 e. The summed E-state index contributed by atoms with van der Waals surface area (Å²) in [6.07, 6.45) is 10.2. The molecule has 1 saturated carbocycles. The average molecular weight is 389 g/mol. The summed E-state index contributed by atoms with van der Waals surface area (Å²) in [4.78, 5) is 26.6. The van der Waals surface area contributed by atoms with Gasteiger partial charge < -0.3 is 5.32 Å². The monoisotopic (exact) mass is 388 g/mol. The molecular weight excluding hydrogens is 364 g/mol. The van der Waals surface area contributed by atoms with Crippen LogP contribution in [0.4, 0.5) is 0 Å². The predicted octanol–water partition coefficient (Wildman–Crippen LogP) is 4.36. The molecule has 1 aromatic carbocycles. The first-order valence-corrected chi connectivity index (χ1v) is 10.4. The van der Waals surface area contributed by atoms with Crippen molar-refractivity contribution in [3.05, 3.63) is 40.3 Å². The topological polar surface area (TPSA) is 49.4 Å². The van der Waals surface area contributed by atoms with Crippen LogP contribution < -0.4 is 5.32 Å². The summed E-state index contributed by atoms with van der Waals surface area (Å²) in [6, 6.07) is 7.66. The molecule has 2 fully saturated rings. The van der Waals surface area contributed by atoms with Crippen molar-refractivity contribution in [3.63, 3.8) is 0 Å². The molecule has 138 valence electrons. The summed E-state index contributed by atoms with van der Waals surface area (Å²) in [7, 11) is 1.68. The van der Waals surface area contributed by atoms with Gasteiger partial charge in [-0.15, -0.1) is 0 Å². The molecule has 3 rings (SSSR count). The van der Waals surface area contributed by atoms with Gasteiger partial charge in [-0.2, -0.15) is 0 Å². The molecule has 0 aromatic heterocycles. The predicted molar refractivity (Wildman–Crippen MR) is 111 cm³/mol. The minimum absolute atomic E-state index is 0.0120. The first-order valence-electron chi connectivity index (χ1n) is 9.17. The molecule has 2 aliphatic rings. The second-order valence-electron chi connectivity index (χ2n) is 6.88. The van der Waals surface area contributed by atoms with E-state index >= 15 is 0 Å². The van der Waals surface area contributed by atoms with E-state index in [1.165, 1.54) is 48.8 Å². The van der Waals surface area contributed by atoms with E-state index in [2.05, 4.69) is 5.32 Å². The van der Waals surface area contributed by atoms with Gasteiger partial charge >= 0.3 is 0 Å². The van der Waals surface area contributed by atoms with Crippen molar-refractivity contribution in [1.29, 1.82) is 0 Å². The molecule has 1 N–H and O–H groups in total. The van der Waals surface area contributed by atoms with Crippen LogP contribution in [-0.4, -0.2) is 34.1 Å². The molecule has 0 atom stereocenters. The van der Waals surface area contributed by atoms with E-state index in [1.807, 2.05) is 30.3 Å². The Bertz CT molecular complexity index is 720. The molecule has 6 heteroatoms. The van der Waals surface area contributed by atoms with E-state index in [-0.39, 0.29) is 17.9 Å². The van der Waals surface area contributed by atoms with Crippen molar-refractivity contribution in [2.75, 3.05) is 7.05 Å². The molecule has 26 heavy (non-hydrogen) atoms. The molecule has 0 bridgehead atoms. The van der Waals surface area contributed by atoms with Crippen LogP contribution in [-0.2, 0) is 4.79 Å². The van der Waals surface area contributed by atoms with E-state index in [0.717, 1.165) is 18.4 Å². The Balaban J connectivity index is 1.62. The highest BCUT2D eigenvalue weighted by atomic mass is 32.2. The lowest BCUT2D eigenvalue weighted by Crippen LogP contribution is -2.35. The highest BCUT2D eigenvalue weighted by Crippen LogP contribution is 2.31. The van der Waals surface area contributed by atoms with E-state index in [4.69, 9.17) is 12.2 Å². The van der Waals surface area contributed by atoms with Crippen molar-refractivity contribution in [1.82, 2.24) is 10.2 Å². The number of thiocarbonyl (C=S) groups is 1. The Kier molecular flexibility index (Phi) is 6.48. The van der Waals surface area contributed by atoms with Gasteiger partial charge in [-0.1, -0.05) is 68.2 Å². The highest BCUT2D eigenvalue weighted by Gasteiger charge is 2.28. The third-order valence-corrected chi connectivity index (χ3v) is 6.38. The van der Waals surface area contributed by atoms with E-state index in [1.54, 1.807) is 7.05 Å². The summed E-state index contributed by atoms with van der Waals surface area (Å²) in [5.74, 6) is -0.0897. The van der Waals surface area contributed by atoms with Crippen LogP contribution >= 0.6 is 24.0 Å². The summed E-state index contributed by atoms with van der Waals surface area (Å²) >= 11 is 6.44. The van der Waals surface area contributed by atoms with Crippen LogP contribution in [0, 0.1) is 0 Å². The number of carbonyl (C=O) groups is 2. The Labute approximate surface area is 164 Å². The second kappa shape index (κ2) is 8.82. The Morgan fingerprint density at radius 2 is 1.77 bits per heavy atom. The lowest BCUT2D eigenvalue weighted by molar-refractivity contribution is -0.121. The first kappa shape index (κ1) is 19.1. The van der Waals surface area contributed by atoms with Gasteiger partial charge in [0, 0.05) is 18.7 Å². The molecule has 1 aromatic rings. The molecular formula is C20H24N2O2S2. The number of hydrogen-bond donors (Lipinski definition) is 1. The normalized spacial score (nSPS) is 21.0. The molecule has 4 nitrogen and oxygen atoms in total. The van der Waals surface area contributed by atoms with Crippen LogP contribution in [0.3, 0.4) is 0 Å². The Morgan fingerprint density at radius 1 is 1.15 bits per heavy atom. The zero-order valence-corrected chi connectivity index (χ0v) is 16.6. The molecule has 2 amide bonds. The van der Waals surface area contributed by atoms with Crippen molar-refractivity contribution in [2.45, 2.75) is 51.0 Å². The van der Waals surface area contributed by atoms with Crippen LogP contribution in [0.2, 0.25) is 0 Å². The number of hydrogen-bond acceptors (Lipinski definition) is 4. The number of likely N-dealkylation sites (N-methyl/N-ethyl adjacent to an activating group) is 1. The van der Waals surface area contributed by atoms with Crippen molar-refractivity contribution in [3.8, 4) is 0 Å². The highest BCUT2D eigenvalue weighted by molar-refractivity contribution is 8.26. The number of carbonyl (C=O) groups excluding carboxylic acids is 2. The molecule has 1 saturated heterocycles. The second-order valence-corrected chi connectivity index (χ2v) is 8.55. The SMILES string of the molecule is CN1C(=O)/C(=C/c2ccc(C(=O)NC3CCCCCCC3)cc2)SC1=S. The number of rotatable bonds is 3. The summed E-state index contributed by atoms with van der Waals surface area (Å²) < 4.78 is 0.566. The Hall–Kier alpha value is -1.66. The maximum absolute atomic E-state index is 12.5. The average Bonchev–Trinajstić information content (AvgIpc) is 2.84. The summed E-state index contributed by atoms with van der Waals surface area (Å²) in [5.41, 5.74) is 1.55. The number of thioether (sulfide) groups is 1. The minimum atomic E-state index is -0.0777. The standard InChI is InChI=1S/C20H24N2O2S2/c1-22-19(24)17(26-20(22)25)13-14-9-11-15(12-10-14)18(23)21-16-7-5-3-2-4-6-8-16/h9-13,16H,2-8H2,1H3,(H,21,23)/b17-13-. The van der Waals surface area contributed by atoms with Crippen LogP contribution in [0.1, 0.15) is 60.9 Å². The molecule has 1 aliphatic heterocycles. The number of amides is 2. The van der Waals surface area contributed by atoms with E-state index in [0.29, 0.717) is 14.8 Å². The molecule has 1 aliphatic carbocycles. The Morgan fingerprint density at radius 3 is 2.35 bits per heavy atom. The van der Waals surface area contributed by atoms with E-state index in [9.17, 15) is 9.59 Å². The van der Waals surface area contributed by atoms with E-state index < -0.39 is 0 Å². The van der Waals surface area contributed by atoms with Crippen LogP contribution in [0.25, 0.3) is 6.08 Å². The van der Waals surface area contributed by atoms with Crippen LogP contribution in [0.15, 0.2) is 29.2 Å². The number of nitrogens with zero attached hydrogens (tertiary/aromatic N) is 1. The zero-order valence-electron chi connectivity index (χ0n) is 15.0. The fourth-order valence-electron chi connectivity index (χ4n) is 3.30. The minimum Gasteiger partial charge on any atom is -0.349 e. The smallest absolute Gasteiger partial charge is 0.265 e. The fourth-order valence-corrected chi connectivity index (χ4v) is 4.48. The van der Waals surface area contributed by atoms with Gasteiger partial charge in [0.1, 0.15) is 4.32 Å². The lowest BCUT2D eigenvalue weighted by Gasteiger charge is -2.21. The molecule has 1 heterocycles. The fraction of sp³-hybridized carbons (Fsp3) is 0.450. The third-order valence-electron chi connectivity index (χ3n) is 4.90. The van der Waals surface area contributed by atoms with Gasteiger partial charge in [0.15, 0.2) is 0 Å². The molecule has 0 unspecified atom stereocenters. The number of benzene rings is 1. The third kappa shape index (κ3) is 4.74. The van der Waals surface area contributed by atoms with Crippen molar-refractivity contribution >= 4 is 46.2 Å². The molecule has 0 radical (unpaired) electrons. The molecule has 0 spiro atoms. The van der Waals surface area contributed by atoms with Gasteiger partial charge in [-0.05, 0) is 36.6 Å². The number of nitrogens with one attached hydrogen (secondary N) is 1. The zero-order chi connectivity index (χ0) is 18.5. The quantitative estimate of drug-likeness (QED) is 0.617. The van der Waals surface area contributed by atoms with Crippen molar-refractivity contribution in [2.24, 2.45) is 0 Å². The largest absolute Gasteiger partial charge is 0.349 e. The summed E-state index contributed by atoms with van der Waals surface area (Å²) in [5, 5.41) is 3.18. The van der Waals surface area contributed by atoms with Gasteiger partial charge in [-0.25, -0.2) is 0 Å². The maximum atomic E-state index is 12.5. The first-order chi connectivity index (χ1) is 12.5. The lowest BCUT2D eigenvalue weighted by atomic mass is 9.96. The van der Waals surface area contributed by atoms with Gasteiger partial charge in [0.05, 0.1) is 4.91 Å².